The molecule has 0 spiro atoms. The van der Waals surface area contributed by atoms with Crippen molar-refractivity contribution in [2.75, 3.05) is 0 Å². The molecule has 100 valence electrons. The summed E-state index contributed by atoms with van der Waals surface area (Å²) in [6.45, 7) is 5.20. The number of non-ortho nitro benzene ring substituents is 1. The first-order valence-electron chi connectivity index (χ1n) is 5.34. The van der Waals surface area contributed by atoms with E-state index in [0.717, 1.165) is 0 Å². The van der Waals surface area contributed by atoms with Gasteiger partial charge in [0.2, 0.25) is 10.0 Å². The largest absolute Gasteiger partial charge is 0.269 e. The predicted molar refractivity (Wildman–Crippen MR) is 68.6 cm³/mol. The Morgan fingerprint density at radius 2 is 1.94 bits per heavy atom. The molecule has 0 bridgehead atoms. The van der Waals surface area contributed by atoms with E-state index in [1.54, 1.807) is 26.8 Å². The van der Waals surface area contributed by atoms with E-state index in [9.17, 15) is 18.5 Å². The minimum Gasteiger partial charge on any atom is -0.258 e. The van der Waals surface area contributed by atoms with Crippen LogP contribution in [-0.2, 0) is 15.8 Å². The minimum atomic E-state index is -3.51. The van der Waals surface area contributed by atoms with E-state index in [-0.39, 0.29) is 11.4 Å². The second-order valence-corrected chi connectivity index (χ2v) is 6.76. The average molecular weight is 272 g/mol. The Morgan fingerprint density at radius 1 is 1.33 bits per heavy atom. The Bertz CT molecular complexity index is 546. The highest BCUT2D eigenvalue weighted by Gasteiger charge is 2.20. The fourth-order valence-corrected chi connectivity index (χ4v) is 3.11. The molecule has 0 aromatic heterocycles. The number of hydrogen-bond acceptors (Lipinski definition) is 4. The summed E-state index contributed by atoms with van der Waals surface area (Å²) in [4.78, 5) is 10.0. The quantitative estimate of drug-likeness (QED) is 0.668. The third-order valence-electron chi connectivity index (χ3n) is 1.94. The van der Waals surface area contributed by atoms with Crippen LogP contribution in [0.4, 0.5) is 5.69 Å². The van der Waals surface area contributed by atoms with E-state index in [2.05, 4.69) is 4.72 Å². The highest BCUT2D eigenvalue weighted by Crippen LogP contribution is 2.15. The first kappa shape index (κ1) is 14.6. The van der Waals surface area contributed by atoms with Gasteiger partial charge in [0.05, 0.1) is 10.7 Å². The van der Waals surface area contributed by atoms with Crippen LogP contribution in [0.5, 0.6) is 0 Å². The molecule has 0 saturated heterocycles. The number of sulfonamides is 1. The van der Waals surface area contributed by atoms with E-state index >= 15 is 0 Å². The lowest BCUT2D eigenvalue weighted by molar-refractivity contribution is -0.384. The molecule has 0 radical (unpaired) electrons. The van der Waals surface area contributed by atoms with E-state index in [1.807, 2.05) is 0 Å². The van der Waals surface area contributed by atoms with Crippen molar-refractivity contribution in [1.29, 1.82) is 0 Å². The summed E-state index contributed by atoms with van der Waals surface area (Å²) in [5.74, 6) is -0.272. The molecule has 0 aliphatic carbocycles. The summed E-state index contributed by atoms with van der Waals surface area (Å²) in [6.07, 6.45) is 0. The van der Waals surface area contributed by atoms with Crippen LogP contribution in [0.15, 0.2) is 24.3 Å². The molecular weight excluding hydrogens is 256 g/mol. The van der Waals surface area contributed by atoms with E-state index in [0.29, 0.717) is 5.56 Å². The summed E-state index contributed by atoms with van der Waals surface area (Å²) in [6, 6.07) is 5.62. The van der Waals surface area contributed by atoms with Crippen LogP contribution >= 0.6 is 0 Å². The van der Waals surface area contributed by atoms with Crippen LogP contribution in [0.1, 0.15) is 26.3 Å². The normalized spacial score (nSPS) is 12.4. The predicted octanol–water partition coefficient (Wildman–Crippen LogP) is 1.81. The first-order valence-corrected chi connectivity index (χ1v) is 6.99. The minimum absolute atomic E-state index is 0.113. The lowest BCUT2D eigenvalue weighted by atomic mass is 10.1. The number of benzene rings is 1. The summed E-state index contributed by atoms with van der Waals surface area (Å²) in [7, 11) is -3.51. The third kappa shape index (κ3) is 4.80. The van der Waals surface area contributed by atoms with Gasteiger partial charge in [-0.3, -0.25) is 10.1 Å². The number of rotatable bonds is 4. The van der Waals surface area contributed by atoms with Crippen LogP contribution in [0, 0.1) is 10.1 Å². The molecule has 6 nitrogen and oxygen atoms in total. The average Bonchev–Trinajstić information content (AvgIpc) is 2.12. The maximum Gasteiger partial charge on any atom is 0.269 e. The molecule has 1 N–H and O–H groups in total. The Morgan fingerprint density at radius 3 is 2.44 bits per heavy atom. The lowest BCUT2D eigenvalue weighted by Gasteiger charge is -2.20. The number of nitrogens with one attached hydrogen (secondary N) is 1. The summed E-state index contributed by atoms with van der Waals surface area (Å²) in [5, 5.41) is 10.6. The lowest BCUT2D eigenvalue weighted by Crippen LogP contribution is -2.41. The maximum atomic E-state index is 11.8. The molecule has 0 aliphatic heterocycles. The number of hydrogen-bond donors (Lipinski definition) is 1. The zero-order valence-corrected chi connectivity index (χ0v) is 11.3. The highest BCUT2D eigenvalue weighted by molar-refractivity contribution is 7.88. The molecule has 1 rings (SSSR count). The van der Waals surface area contributed by atoms with Crippen molar-refractivity contribution >= 4 is 15.7 Å². The Balaban J connectivity index is 2.91. The molecule has 18 heavy (non-hydrogen) atoms. The monoisotopic (exact) mass is 272 g/mol. The van der Waals surface area contributed by atoms with Crippen molar-refractivity contribution in [3.8, 4) is 0 Å². The highest BCUT2D eigenvalue weighted by atomic mass is 32.2. The second kappa shape index (κ2) is 5.03. The van der Waals surface area contributed by atoms with Gasteiger partial charge in [-0.25, -0.2) is 13.1 Å². The van der Waals surface area contributed by atoms with Gasteiger partial charge >= 0.3 is 0 Å². The van der Waals surface area contributed by atoms with Crippen LogP contribution in [0.2, 0.25) is 0 Å². The van der Waals surface area contributed by atoms with E-state index in [4.69, 9.17) is 0 Å². The van der Waals surface area contributed by atoms with Gasteiger partial charge < -0.3 is 0 Å². The van der Waals surface area contributed by atoms with Crippen molar-refractivity contribution in [1.82, 2.24) is 4.72 Å². The van der Waals surface area contributed by atoms with Gasteiger partial charge in [-0.2, -0.15) is 0 Å². The van der Waals surface area contributed by atoms with Crippen molar-refractivity contribution in [3.63, 3.8) is 0 Å². The summed E-state index contributed by atoms with van der Waals surface area (Å²) < 4.78 is 26.1. The molecule has 0 aliphatic rings. The Kier molecular flexibility index (Phi) is 4.08. The van der Waals surface area contributed by atoms with Gasteiger partial charge in [0.15, 0.2) is 0 Å². The topological polar surface area (TPSA) is 89.3 Å². The van der Waals surface area contributed by atoms with Crippen molar-refractivity contribution in [2.45, 2.75) is 32.1 Å². The van der Waals surface area contributed by atoms with E-state index < -0.39 is 20.5 Å². The van der Waals surface area contributed by atoms with Crippen molar-refractivity contribution in [3.05, 3.63) is 39.9 Å². The van der Waals surface area contributed by atoms with Crippen molar-refractivity contribution in [2.24, 2.45) is 0 Å². The Labute approximate surface area is 106 Å². The van der Waals surface area contributed by atoms with E-state index in [1.165, 1.54) is 18.2 Å². The van der Waals surface area contributed by atoms with Crippen LogP contribution in [0.25, 0.3) is 0 Å². The molecule has 7 heteroatoms. The SMILES string of the molecule is CC(C)(C)NS(=O)(=O)Cc1cccc([N+](=O)[O-])c1. The van der Waals surface area contributed by atoms with Crippen LogP contribution in [-0.4, -0.2) is 18.9 Å². The summed E-state index contributed by atoms with van der Waals surface area (Å²) in [5.41, 5.74) is -0.293. The number of nitro groups is 1. The molecule has 0 heterocycles. The molecule has 0 saturated carbocycles. The third-order valence-corrected chi connectivity index (χ3v) is 3.58. The Hall–Kier alpha value is -1.47. The van der Waals surface area contributed by atoms with Gasteiger partial charge in [-0.15, -0.1) is 0 Å². The smallest absolute Gasteiger partial charge is 0.258 e. The van der Waals surface area contributed by atoms with Gasteiger partial charge in [0.1, 0.15) is 0 Å². The summed E-state index contributed by atoms with van der Waals surface area (Å²) >= 11 is 0. The molecule has 0 amide bonds. The van der Waals surface area contributed by atoms with Gasteiger partial charge in [-0.05, 0) is 26.3 Å². The standard InChI is InChI=1S/C11H16N2O4S/c1-11(2,3)12-18(16,17)8-9-5-4-6-10(7-9)13(14)15/h4-7,12H,8H2,1-3H3. The second-order valence-electron chi connectivity index (χ2n) is 5.04. The van der Waals surface area contributed by atoms with Crippen molar-refractivity contribution < 1.29 is 13.3 Å². The van der Waals surface area contributed by atoms with Crippen LogP contribution in [0.3, 0.4) is 0 Å². The molecule has 0 fully saturated rings. The zero-order valence-electron chi connectivity index (χ0n) is 10.5. The fourth-order valence-electron chi connectivity index (χ4n) is 1.48. The molecular formula is C11H16N2O4S. The fraction of sp³-hybridized carbons (Fsp3) is 0.455. The molecule has 1 aromatic rings. The van der Waals surface area contributed by atoms with Gasteiger partial charge in [-0.1, -0.05) is 12.1 Å². The zero-order chi connectivity index (χ0) is 14.0. The molecule has 0 unspecified atom stereocenters. The first-order chi connectivity index (χ1) is 8.09. The maximum absolute atomic E-state index is 11.8. The number of nitrogens with zero attached hydrogens (tertiary/aromatic N) is 1. The van der Waals surface area contributed by atoms with Gasteiger partial charge in [0.25, 0.3) is 5.69 Å². The molecule has 0 atom stereocenters. The van der Waals surface area contributed by atoms with Gasteiger partial charge in [0, 0.05) is 17.7 Å². The van der Waals surface area contributed by atoms with Crippen LogP contribution < -0.4 is 4.72 Å². The molecule has 1 aromatic carbocycles. The number of nitro benzene ring substituents is 1.